The van der Waals surface area contributed by atoms with Gasteiger partial charge in [-0.25, -0.2) is 0 Å². The monoisotopic (exact) mass is 198 g/mol. The molecule has 0 aromatic carbocycles. The fraction of sp³-hybridized carbons (Fsp3) is 0.111. The Kier molecular flexibility index (Phi) is 2.12. The molecule has 1 unspecified atom stereocenters. The van der Waals surface area contributed by atoms with E-state index in [4.69, 9.17) is 20.4 Å². The third-order valence-electron chi connectivity index (χ3n) is 1.75. The van der Waals surface area contributed by atoms with Gasteiger partial charge in [-0.1, -0.05) is 0 Å². The Morgan fingerprint density at radius 2 is 2.08 bits per heavy atom. The molecule has 0 fully saturated rings. The molecular formula is C9H7ClO3. The molecule has 3 nitrogen and oxygen atoms in total. The van der Waals surface area contributed by atoms with Crippen LogP contribution < -0.4 is 0 Å². The van der Waals surface area contributed by atoms with Gasteiger partial charge in [0.25, 0.3) is 0 Å². The maximum absolute atomic E-state index is 9.71. The second-order valence-electron chi connectivity index (χ2n) is 2.57. The first-order valence-corrected chi connectivity index (χ1v) is 4.11. The summed E-state index contributed by atoms with van der Waals surface area (Å²) < 4.78 is 9.87. The molecule has 0 aliphatic carbocycles. The largest absolute Gasteiger partial charge is 0.466 e. The van der Waals surface area contributed by atoms with Crippen molar-refractivity contribution in [2.24, 2.45) is 0 Å². The number of hydrogen-bond acceptors (Lipinski definition) is 3. The second kappa shape index (κ2) is 3.28. The SMILES string of the molecule is OC(c1ccco1)c1ccoc1Cl. The van der Waals surface area contributed by atoms with Gasteiger partial charge in [-0.3, -0.25) is 0 Å². The van der Waals surface area contributed by atoms with Gasteiger partial charge in [0, 0.05) is 5.56 Å². The van der Waals surface area contributed by atoms with Crippen LogP contribution in [0.2, 0.25) is 5.22 Å². The summed E-state index contributed by atoms with van der Waals surface area (Å²) in [4.78, 5) is 0. The van der Waals surface area contributed by atoms with E-state index < -0.39 is 6.10 Å². The Hall–Kier alpha value is -1.19. The lowest BCUT2D eigenvalue weighted by Gasteiger charge is -2.04. The number of rotatable bonds is 2. The molecule has 0 aliphatic rings. The molecule has 0 radical (unpaired) electrons. The summed E-state index contributed by atoms with van der Waals surface area (Å²) in [5.74, 6) is 0.448. The Bertz CT molecular complexity index is 377. The molecule has 68 valence electrons. The van der Waals surface area contributed by atoms with Crippen molar-refractivity contribution in [3.05, 3.63) is 47.3 Å². The molecule has 0 amide bonds. The molecule has 2 aromatic rings. The van der Waals surface area contributed by atoms with E-state index in [9.17, 15) is 5.11 Å². The second-order valence-corrected chi connectivity index (χ2v) is 2.91. The number of aliphatic hydroxyl groups excluding tert-OH is 1. The van der Waals surface area contributed by atoms with Crippen LogP contribution in [0.4, 0.5) is 0 Å². The first kappa shape index (κ1) is 8.41. The van der Waals surface area contributed by atoms with Crippen LogP contribution in [-0.4, -0.2) is 5.11 Å². The third-order valence-corrected chi connectivity index (χ3v) is 2.06. The van der Waals surface area contributed by atoms with Crippen LogP contribution in [0.1, 0.15) is 17.4 Å². The van der Waals surface area contributed by atoms with Crippen molar-refractivity contribution in [3.8, 4) is 0 Å². The van der Waals surface area contributed by atoms with Crippen LogP contribution in [0.25, 0.3) is 0 Å². The van der Waals surface area contributed by atoms with E-state index in [1.54, 1.807) is 18.2 Å². The molecule has 2 aromatic heterocycles. The Morgan fingerprint density at radius 1 is 1.23 bits per heavy atom. The zero-order valence-electron chi connectivity index (χ0n) is 6.61. The molecular weight excluding hydrogens is 192 g/mol. The Morgan fingerprint density at radius 3 is 2.62 bits per heavy atom. The molecule has 0 saturated carbocycles. The van der Waals surface area contributed by atoms with Crippen LogP contribution in [0.3, 0.4) is 0 Å². The predicted molar refractivity (Wildman–Crippen MR) is 46.5 cm³/mol. The summed E-state index contributed by atoms with van der Waals surface area (Å²) in [6.45, 7) is 0. The first-order valence-electron chi connectivity index (χ1n) is 3.73. The number of aliphatic hydroxyl groups is 1. The van der Waals surface area contributed by atoms with E-state index in [2.05, 4.69) is 0 Å². The lowest BCUT2D eigenvalue weighted by Crippen LogP contribution is -1.96. The Balaban J connectivity index is 2.33. The minimum absolute atomic E-state index is 0.184. The normalized spacial score (nSPS) is 13.1. The number of furan rings is 2. The molecule has 1 atom stereocenters. The van der Waals surface area contributed by atoms with Gasteiger partial charge in [0.2, 0.25) is 0 Å². The molecule has 4 heteroatoms. The summed E-state index contributed by atoms with van der Waals surface area (Å²) in [6.07, 6.45) is 2.05. The van der Waals surface area contributed by atoms with E-state index in [0.717, 1.165) is 0 Å². The zero-order chi connectivity index (χ0) is 9.26. The standard InChI is InChI=1S/C9H7ClO3/c10-9-6(3-5-13-9)8(11)7-2-1-4-12-7/h1-5,8,11H. The van der Waals surface area contributed by atoms with Gasteiger partial charge < -0.3 is 13.9 Å². The number of hydrogen-bond donors (Lipinski definition) is 1. The topological polar surface area (TPSA) is 46.5 Å². The van der Waals surface area contributed by atoms with Gasteiger partial charge in [-0.05, 0) is 29.8 Å². The van der Waals surface area contributed by atoms with Crippen molar-refractivity contribution in [2.75, 3.05) is 0 Å². The minimum Gasteiger partial charge on any atom is -0.466 e. The molecule has 0 saturated heterocycles. The Labute approximate surface area is 79.5 Å². The van der Waals surface area contributed by atoms with Gasteiger partial charge in [-0.15, -0.1) is 0 Å². The first-order chi connectivity index (χ1) is 6.29. The smallest absolute Gasteiger partial charge is 0.199 e. The average Bonchev–Trinajstić information content (AvgIpc) is 2.72. The van der Waals surface area contributed by atoms with Gasteiger partial charge in [0.05, 0.1) is 12.5 Å². The molecule has 1 N–H and O–H groups in total. The fourth-order valence-electron chi connectivity index (χ4n) is 1.10. The van der Waals surface area contributed by atoms with Crippen LogP contribution in [0.15, 0.2) is 39.6 Å². The van der Waals surface area contributed by atoms with Crippen molar-refractivity contribution < 1.29 is 13.9 Å². The summed E-state index contributed by atoms with van der Waals surface area (Å²) in [7, 11) is 0. The summed E-state index contributed by atoms with van der Waals surface area (Å²) >= 11 is 5.68. The van der Waals surface area contributed by atoms with Gasteiger partial charge >= 0.3 is 0 Å². The van der Waals surface area contributed by atoms with Crippen molar-refractivity contribution in [2.45, 2.75) is 6.10 Å². The highest BCUT2D eigenvalue weighted by Crippen LogP contribution is 2.28. The van der Waals surface area contributed by atoms with Crippen LogP contribution in [0.5, 0.6) is 0 Å². The third kappa shape index (κ3) is 1.48. The van der Waals surface area contributed by atoms with Crippen molar-refractivity contribution in [1.82, 2.24) is 0 Å². The average molecular weight is 199 g/mol. The van der Waals surface area contributed by atoms with Gasteiger partial charge in [-0.2, -0.15) is 0 Å². The van der Waals surface area contributed by atoms with Gasteiger partial charge in [0.1, 0.15) is 11.9 Å². The van der Waals surface area contributed by atoms with E-state index in [-0.39, 0.29) is 5.22 Å². The molecule has 0 aliphatic heterocycles. The summed E-state index contributed by atoms with van der Waals surface area (Å²) in [5.41, 5.74) is 0.511. The van der Waals surface area contributed by atoms with E-state index in [1.165, 1.54) is 12.5 Å². The highest BCUT2D eigenvalue weighted by atomic mass is 35.5. The molecule has 0 spiro atoms. The van der Waals surface area contributed by atoms with Crippen LogP contribution in [-0.2, 0) is 0 Å². The molecule has 2 heterocycles. The molecule has 0 bridgehead atoms. The quantitative estimate of drug-likeness (QED) is 0.807. The van der Waals surface area contributed by atoms with Gasteiger partial charge in [0.15, 0.2) is 5.22 Å². The summed E-state index contributed by atoms with van der Waals surface area (Å²) in [5, 5.41) is 9.90. The van der Waals surface area contributed by atoms with E-state index in [1.807, 2.05) is 0 Å². The van der Waals surface area contributed by atoms with E-state index in [0.29, 0.717) is 11.3 Å². The zero-order valence-corrected chi connectivity index (χ0v) is 7.36. The lowest BCUT2D eigenvalue weighted by atomic mass is 10.1. The molecule has 2 rings (SSSR count). The van der Waals surface area contributed by atoms with Crippen molar-refractivity contribution in [1.29, 1.82) is 0 Å². The predicted octanol–water partition coefficient (Wildman–Crippen LogP) is 2.61. The maximum Gasteiger partial charge on any atom is 0.199 e. The lowest BCUT2D eigenvalue weighted by molar-refractivity contribution is 0.188. The number of halogens is 1. The summed E-state index contributed by atoms with van der Waals surface area (Å²) in [6, 6.07) is 4.98. The fourth-order valence-corrected chi connectivity index (χ4v) is 1.32. The minimum atomic E-state index is -0.860. The maximum atomic E-state index is 9.71. The highest BCUT2D eigenvalue weighted by molar-refractivity contribution is 6.29. The van der Waals surface area contributed by atoms with Crippen molar-refractivity contribution >= 4 is 11.6 Å². The molecule has 13 heavy (non-hydrogen) atoms. The van der Waals surface area contributed by atoms with Crippen LogP contribution >= 0.6 is 11.6 Å². The van der Waals surface area contributed by atoms with E-state index >= 15 is 0 Å². The highest BCUT2D eigenvalue weighted by Gasteiger charge is 2.17. The van der Waals surface area contributed by atoms with Crippen LogP contribution in [0, 0.1) is 0 Å². The van der Waals surface area contributed by atoms with Crippen molar-refractivity contribution in [3.63, 3.8) is 0 Å².